The first-order valence-corrected chi connectivity index (χ1v) is 7.78. The molecule has 0 spiro atoms. The van der Waals surface area contributed by atoms with Gasteiger partial charge in [-0.2, -0.15) is 0 Å². The number of fused-ring (bicyclic) bond motifs is 1. The molecule has 2 aromatic carbocycles. The average Bonchev–Trinajstić information content (AvgIpc) is 2.65. The topological polar surface area (TPSA) is 27.7 Å². The van der Waals surface area contributed by atoms with E-state index in [0.29, 0.717) is 0 Å². The van der Waals surface area contributed by atoms with E-state index in [1.165, 1.54) is 10.8 Å². The van der Waals surface area contributed by atoms with E-state index in [2.05, 4.69) is 30.3 Å². The Morgan fingerprint density at radius 2 is 1.50 bits per heavy atom. The van der Waals surface area contributed by atoms with E-state index < -0.39 is 7.32 Å². The van der Waals surface area contributed by atoms with E-state index in [0.717, 1.165) is 5.56 Å². The number of hydrogen-bond acceptors (Lipinski definition) is 3. The SMILES string of the molecule is CC(OB1OC(C)(C)C(C)(C)O1)c1ccc2ccccc2c1. The Hall–Kier alpha value is -1.36. The summed E-state index contributed by atoms with van der Waals surface area (Å²) < 4.78 is 17.8. The van der Waals surface area contributed by atoms with Gasteiger partial charge < -0.3 is 14.0 Å². The van der Waals surface area contributed by atoms with E-state index in [-0.39, 0.29) is 17.3 Å². The van der Waals surface area contributed by atoms with Crippen LogP contribution >= 0.6 is 0 Å². The van der Waals surface area contributed by atoms with Crippen molar-refractivity contribution in [3.8, 4) is 0 Å². The lowest BCUT2D eigenvalue weighted by molar-refractivity contribution is 0.00578. The van der Waals surface area contributed by atoms with Gasteiger partial charge in [-0.25, -0.2) is 0 Å². The molecular formula is C18H23BO3. The Bertz CT molecular complexity index is 665. The van der Waals surface area contributed by atoms with Gasteiger partial charge in [-0.15, -0.1) is 0 Å². The molecule has 0 aliphatic carbocycles. The minimum Gasteiger partial charge on any atom is -0.379 e. The summed E-state index contributed by atoms with van der Waals surface area (Å²) in [6, 6.07) is 14.7. The maximum atomic E-state index is 5.97. The van der Waals surface area contributed by atoms with Gasteiger partial charge in [-0.3, -0.25) is 0 Å². The molecule has 0 aromatic heterocycles. The minimum atomic E-state index is -0.633. The molecule has 0 radical (unpaired) electrons. The van der Waals surface area contributed by atoms with Gasteiger partial charge in [0.25, 0.3) is 0 Å². The second-order valence-electron chi connectivity index (χ2n) is 6.93. The maximum Gasteiger partial charge on any atom is 0.640 e. The summed E-state index contributed by atoms with van der Waals surface area (Å²) in [5, 5.41) is 2.44. The van der Waals surface area contributed by atoms with Gasteiger partial charge in [-0.1, -0.05) is 36.4 Å². The Labute approximate surface area is 132 Å². The number of benzene rings is 2. The lowest BCUT2D eigenvalue weighted by atomic mass is 9.90. The van der Waals surface area contributed by atoms with Crippen LogP contribution in [0.3, 0.4) is 0 Å². The van der Waals surface area contributed by atoms with Gasteiger partial charge in [0.15, 0.2) is 0 Å². The summed E-state index contributed by atoms with van der Waals surface area (Å²) in [5.41, 5.74) is 0.370. The fourth-order valence-corrected chi connectivity index (χ4v) is 2.55. The summed E-state index contributed by atoms with van der Waals surface area (Å²) in [6.45, 7) is 10.1. The first-order chi connectivity index (χ1) is 10.3. The lowest BCUT2D eigenvalue weighted by Crippen LogP contribution is -2.41. The minimum absolute atomic E-state index is 0.0979. The molecule has 1 aliphatic heterocycles. The Balaban J connectivity index is 1.75. The summed E-state index contributed by atoms with van der Waals surface area (Å²) in [7, 11) is -0.633. The average molecular weight is 298 g/mol. The Morgan fingerprint density at radius 3 is 2.14 bits per heavy atom. The normalized spacial score (nSPS) is 21.2. The van der Waals surface area contributed by atoms with E-state index >= 15 is 0 Å². The summed E-state index contributed by atoms with van der Waals surface area (Å²) >= 11 is 0. The molecule has 1 heterocycles. The van der Waals surface area contributed by atoms with Crippen molar-refractivity contribution in [2.45, 2.75) is 51.9 Å². The van der Waals surface area contributed by atoms with E-state index in [4.69, 9.17) is 14.0 Å². The fourth-order valence-electron chi connectivity index (χ4n) is 2.55. The van der Waals surface area contributed by atoms with Crippen molar-refractivity contribution in [1.29, 1.82) is 0 Å². The summed E-state index contributed by atoms with van der Waals surface area (Å²) in [4.78, 5) is 0. The molecule has 3 rings (SSSR count). The third kappa shape index (κ3) is 2.79. The predicted molar refractivity (Wildman–Crippen MR) is 89.5 cm³/mol. The largest absolute Gasteiger partial charge is 0.640 e. The van der Waals surface area contributed by atoms with E-state index in [1.807, 2.05) is 46.8 Å². The molecule has 1 saturated heterocycles. The molecule has 0 bridgehead atoms. The lowest BCUT2D eigenvalue weighted by Gasteiger charge is -2.31. The third-order valence-electron chi connectivity index (χ3n) is 4.79. The van der Waals surface area contributed by atoms with Crippen molar-refractivity contribution >= 4 is 18.1 Å². The molecule has 1 fully saturated rings. The van der Waals surface area contributed by atoms with Crippen LogP contribution in [0.4, 0.5) is 0 Å². The van der Waals surface area contributed by atoms with E-state index in [9.17, 15) is 0 Å². The van der Waals surface area contributed by atoms with Crippen molar-refractivity contribution < 1.29 is 14.0 Å². The predicted octanol–water partition coefficient (Wildman–Crippen LogP) is 4.51. The van der Waals surface area contributed by atoms with Crippen LogP contribution in [0.2, 0.25) is 0 Å². The van der Waals surface area contributed by atoms with Crippen molar-refractivity contribution in [2.75, 3.05) is 0 Å². The zero-order valence-corrected chi connectivity index (χ0v) is 13.9. The highest BCUT2D eigenvalue weighted by Crippen LogP contribution is 2.38. The van der Waals surface area contributed by atoms with Crippen LogP contribution in [0, 0.1) is 0 Å². The van der Waals surface area contributed by atoms with Gasteiger partial charge >= 0.3 is 7.32 Å². The first kappa shape index (κ1) is 15.5. The fraction of sp³-hybridized carbons (Fsp3) is 0.444. The van der Waals surface area contributed by atoms with Gasteiger partial charge in [0, 0.05) is 0 Å². The molecule has 0 N–H and O–H groups in total. The molecule has 1 atom stereocenters. The van der Waals surface area contributed by atoms with Gasteiger partial charge in [0.05, 0.1) is 17.3 Å². The maximum absolute atomic E-state index is 5.97. The third-order valence-corrected chi connectivity index (χ3v) is 4.79. The van der Waals surface area contributed by atoms with Crippen LogP contribution in [-0.2, 0) is 14.0 Å². The zero-order valence-electron chi connectivity index (χ0n) is 13.9. The molecule has 22 heavy (non-hydrogen) atoms. The molecular weight excluding hydrogens is 275 g/mol. The molecule has 1 unspecified atom stereocenters. The van der Waals surface area contributed by atoms with Gasteiger partial charge in [0.2, 0.25) is 0 Å². The van der Waals surface area contributed by atoms with Crippen LogP contribution in [0.15, 0.2) is 42.5 Å². The standard InChI is InChI=1S/C18H23BO3/c1-13(20-19-21-17(2,3)18(4,5)22-19)15-11-10-14-8-6-7-9-16(14)12-15/h6-13H,1-5H3. The monoisotopic (exact) mass is 298 g/mol. The molecule has 0 saturated carbocycles. The van der Waals surface area contributed by atoms with Crippen molar-refractivity contribution in [3.63, 3.8) is 0 Å². The highest BCUT2D eigenvalue weighted by atomic mass is 16.8. The van der Waals surface area contributed by atoms with E-state index in [1.54, 1.807) is 0 Å². The summed E-state index contributed by atoms with van der Waals surface area (Å²) in [6.07, 6.45) is -0.0979. The number of rotatable bonds is 3. The Morgan fingerprint density at radius 1 is 0.909 bits per heavy atom. The quantitative estimate of drug-likeness (QED) is 0.780. The zero-order chi connectivity index (χ0) is 16.0. The molecule has 0 amide bonds. The van der Waals surface area contributed by atoms with Crippen LogP contribution in [0.25, 0.3) is 10.8 Å². The van der Waals surface area contributed by atoms with Gasteiger partial charge in [0.1, 0.15) is 0 Å². The molecule has 1 aliphatic rings. The Kier molecular flexibility index (Phi) is 3.80. The van der Waals surface area contributed by atoms with Crippen molar-refractivity contribution in [3.05, 3.63) is 48.0 Å². The van der Waals surface area contributed by atoms with Crippen molar-refractivity contribution in [2.24, 2.45) is 0 Å². The molecule has 4 heteroatoms. The molecule has 2 aromatic rings. The van der Waals surface area contributed by atoms with Crippen LogP contribution in [-0.4, -0.2) is 18.5 Å². The van der Waals surface area contributed by atoms with Crippen LogP contribution in [0.5, 0.6) is 0 Å². The summed E-state index contributed by atoms with van der Waals surface area (Å²) in [5.74, 6) is 0. The van der Waals surface area contributed by atoms with Crippen molar-refractivity contribution in [1.82, 2.24) is 0 Å². The smallest absolute Gasteiger partial charge is 0.379 e. The molecule has 116 valence electrons. The highest BCUT2D eigenvalue weighted by molar-refractivity contribution is 6.37. The van der Waals surface area contributed by atoms with Gasteiger partial charge in [-0.05, 0) is 57.0 Å². The highest BCUT2D eigenvalue weighted by Gasteiger charge is 2.53. The first-order valence-electron chi connectivity index (χ1n) is 7.78. The number of hydrogen-bond donors (Lipinski definition) is 0. The second kappa shape index (κ2) is 5.37. The second-order valence-corrected chi connectivity index (χ2v) is 6.93. The van der Waals surface area contributed by atoms with Crippen LogP contribution < -0.4 is 0 Å². The van der Waals surface area contributed by atoms with Crippen LogP contribution in [0.1, 0.15) is 46.3 Å². The molecule has 3 nitrogen and oxygen atoms in total.